The minimum Gasteiger partial charge on any atom is -0.478 e. The van der Waals surface area contributed by atoms with E-state index in [2.05, 4.69) is 15.3 Å². The molecule has 0 unspecified atom stereocenters. The van der Waals surface area contributed by atoms with Crippen LogP contribution in [0.15, 0.2) is 36.5 Å². The van der Waals surface area contributed by atoms with Gasteiger partial charge in [0.2, 0.25) is 0 Å². The Hall–Kier alpha value is -3.15. The lowest BCUT2D eigenvalue weighted by Crippen LogP contribution is -2.11. The summed E-state index contributed by atoms with van der Waals surface area (Å²) in [4.78, 5) is 20.1. The van der Waals surface area contributed by atoms with E-state index in [1.807, 2.05) is 13.8 Å². The minimum atomic E-state index is -4.77. The minimum absolute atomic E-state index is 0.0835. The van der Waals surface area contributed by atoms with E-state index in [9.17, 15) is 36.2 Å². The molecule has 0 aliphatic carbocycles. The number of benzene rings is 1. The maximum Gasteiger partial charge on any atom is 0.417 e. The summed E-state index contributed by atoms with van der Waals surface area (Å²) in [6.45, 7) is 3.67. The van der Waals surface area contributed by atoms with Gasteiger partial charge in [-0.25, -0.2) is 14.8 Å². The van der Waals surface area contributed by atoms with Crippen molar-refractivity contribution in [1.29, 1.82) is 0 Å². The van der Waals surface area contributed by atoms with Crippen LogP contribution in [0.25, 0.3) is 11.3 Å². The molecule has 0 spiro atoms. The van der Waals surface area contributed by atoms with Crippen LogP contribution < -0.4 is 5.32 Å². The number of halogens is 6. The summed E-state index contributed by atoms with van der Waals surface area (Å²) in [5.74, 6) is -2.04. The number of aromatic nitrogens is 2. The molecule has 0 fully saturated rings. The van der Waals surface area contributed by atoms with Crippen molar-refractivity contribution in [3.8, 4) is 11.3 Å². The van der Waals surface area contributed by atoms with Gasteiger partial charge in [0, 0.05) is 16.6 Å². The van der Waals surface area contributed by atoms with Gasteiger partial charge >= 0.3 is 18.3 Å². The number of rotatable bonds is 5. The van der Waals surface area contributed by atoms with Gasteiger partial charge in [0.05, 0.1) is 16.8 Å². The smallest absolute Gasteiger partial charge is 0.417 e. The lowest BCUT2D eigenvalue weighted by molar-refractivity contribution is -0.138. The summed E-state index contributed by atoms with van der Waals surface area (Å²) >= 11 is 1.10. The van der Waals surface area contributed by atoms with Crippen LogP contribution in [0.3, 0.4) is 0 Å². The van der Waals surface area contributed by atoms with Crippen molar-refractivity contribution >= 4 is 28.3 Å². The first-order valence-electron chi connectivity index (χ1n) is 9.03. The zero-order chi connectivity index (χ0) is 23.8. The third kappa shape index (κ3) is 5.01. The Bertz CT molecular complexity index is 1140. The molecule has 32 heavy (non-hydrogen) atoms. The average molecular weight is 475 g/mol. The lowest BCUT2D eigenvalue weighted by atomic mass is 10.0. The Kier molecular flexibility index (Phi) is 6.18. The number of thiazole rings is 1. The summed E-state index contributed by atoms with van der Waals surface area (Å²) < 4.78 is 77.2. The van der Waals surface area contributed by atoms with E-state index in [1.165, 1.54) is 12.1 Å². The van der Waals surface area contributed by atoms with Gasteiger partial charge in [-0.05, 0) is 24.1 Å². The first-order chi connectivity index (χ1) is 14.8. The average Bonchev–Trinajstić information content (AvgIpc) is 3.11. The van der Waals surface area contributed by atoms with Crippen LogP contribution in [-0.2, 0) is 12.4 Å². The molecule has 2 heterocycles. The van der Waals surface area contributed by atoms with Crippen molar-refractivity contribution in [1.82, 2.24) is 9.97 Å². The highest BCUT2D eigenvalue weighted by Gasteiger charge is 2.33. The standard InChI is InChI=1S/C20H15F6N3O2S/c1-9(2)15-14(10-3-5-11(6-4-10)19(21,22)23)28-18(32-15)29-16-13(17(30)31)7-12(8-27-16)20(24,25)26/h3-9H,1-2H3,(H,30,31)(H,27,28,29). The van der Waals surface area contributed by atoms with Crippen LogP contribution in [0.4, 0.5) is 37.3 Å². The second-order valence-corrected chi connectivity index (χ2v) is 8.04. The van der Waals surface area contributed by atoms with Crippen LogP contribution in [-0.4, -0.2) is 21.0 Å². The highest BCUT2D eigenvalue weighted by molar-refractivity contribution is 7.16. The van der Waals surface area contributed by atoms with Gasteiger partial charge in [-0.15, -0.1) is 11.3 Å². The lowest BCUT2D eigenvalue weighted by Gasteiger charge is -2.10. The van der Waals surface area contributed by atoms with Crippen LogP contribution in [0, 0.1) is 0 Å². The van der Waals surface area contributed by atoms with Gasteiger partial charge in [0.1, 0.15) is 11.4 Å². The molecule has 2 N–H and O–H groups in total. The third-order valence-corrected chi connectivity index (χ3v) is 5.61. The summed E-state index contributed by atoms with van der Waals surface area (Å²) in [6, 6.07) is 4.85. The number of nitrogens with zero attached hydrogens (tertiary/aromatic N) is 2. The van der Waals surface area contributed by atoms with Gasteiger partial charge in [-0.1, -0.05) is 26.0 Å². The van der Waals surface area contributed by atoms with Crippen molar-refractivity contribution in [3.05, 3.63) is 58.1 Å². The molecule has 5 nitrogen and oxygen atoms in total. The molecule has 0 aliphatic rings. The number of nitrogens with one attached hydrogen (secondary N) is 1. The summed E-state index contributed by atoms with van der Waals surface area (Å²) in [7, 11) is 0. The molecular formula is C20H15F6N3O2S. The van der Waals surface area contributed by atoms with E-state index >= 15 is 0 Å². The number of hydrogen-bond acceptors (Lipinski definition) is 5. The molecule has 2 aromatic heterocycles. The third-order valence-electron chi connectivity index (χ3n) is 4.33. The molecule has 3 aromatic rings. The Morgan fingerprint density at radius 1 is 1.03 bits per heavy atom. The van der Waals surface area contributed by atoms with Gasteiger partial charge in [-0.2, -0.15) is 26.3 Å². The molecule has 0 atom stereocenters. The molecule has 0 saturated carbocycles. The number of pyridine rings is 1. The second-order valence-electron chi connectivity index (χ2n) is 7.01. The van der Waals surface area contributed by atoms with Gasteiger partial charge in [0.25, 0.3) is 0 Å². The van der Waals surface area contributed by atoms with Crippen molar-refractivity contribution in [2.45, 2.75) is 32.1 Å². The maximum atomic E-state index is 12.9. The molecule has 0 aliphatic heterocycles. The Morgan fingerprint density at radius 2 is 1.62 bits per heavy atom. The monoisotopic (exact) mass is 475 g/mol. The summed E-state index contributed by atoms with van der Waals surface area (Å²) in [6.07, 6.45) is -8.75. The fourth-order valence-electron chi connectivity index (χ4n) is 2.78. The molecule has 0 amide bonds. The van der Waals surface area contributed by atoms with Crippen LogP contribution >= 0.6 is 11.3 Å². The number of hydrogen-bond donors (Lipinski definition) is 2. The van der Waals surface area contributed by atoms with E-state index in [-0.39, 0.29) is 16.9 Å². The number of carbonyl (C=O) groups is 1. The van der Waals surface area contributed by atoms with Crippen LogP contribution in [0.2, 0.25) is 0 Å². The Morgan fingerprint density at radius 3 is 2.12 bits per heavy atom. The normalized spacial score (nSPS) is 12.3. The topological polar surface area (TPSA) is 75.1 Å². The SMILES string of the molecule is CC(C)c1sc(Nc2ncc(C(F)(F)F)cc2C(=O)O)nc1-c1ccc(C(F)(F)F)cc1. The Balaban J connectivity index is 2.00. The van der Waals surface area contributed by atoms with E-state index in [0.717, 1.165) is 23.5 Å². The van der Waals surface area contributed by atoms with Crippen molar-refractivity contribution < 1.29 is 36.2 Å². The fraction of sp³-hybridized carbons (Fsp3) is 0.250. The fourth-order valence-corrected chi connectivity index (χ4v) is 3.77. The molecule has 12 heteroatoms. The van der Waals surface area contributed by atoms with Gasteiger partial charge < -0.3 is 10.4 Å². The van der Waals surface area contributed by atoms with Gasteiger partial charge in [0.15, 0.2) is 5.13 Å². The molecule has 0 saturated heterocycles. The Labute approximate surface area is 181 Å². The molecule has 170 valence electrons. The molecule has 1 aromatic carbocycles. The predicted molar refractivity (Wildman–Crippen MR) is 106 cm³/mol. The zero-order valence-corrected chi connectivity index (χ0v) is 17.3. The first-order valence-corrected chi connectivity index (χ1v) is 9.85. The predicted octanol–water partition coefficient (Wildman–Crippen LogP) is 6.81. The van der Waals surface area contributed by atoms with E-state index in [0.29, 0.717) is 28.4 Å². The summed E-state index contributed by atoms with van der Waals surface area (Å²) in [5.41, 5.74) is -1.94. The molecule has 0 radical (unpaired) electrons. The quantitative estimate of drug-likeness (QED) is 0.397. The second kappa shape index (κ2) is 8.41. The summed E-state index contributed by atoms with van der Waals surface area (Å²) in [5, 5.41) is 12.1. The van der Waals surface area contributed by atoms with Crippen LogP contribution in [0.5, 0.6) is 0 Å². The first kappa shape index (κ1) is 23.5. The zero-order valence-electron chi connectivity index (χ0n) is 16.5. The van der Waals surface area contributed by atoms with Crippen LogP contribution in [0.1, 0.15) is 46.1 Å². The van der Waals surface area contributed by atoms with Crippen molar-refractivity contribution in [3.63, 3.8) is 0 Å². The van der Waals surface area contributed by atoms with Gasteiger partial charge in [-0.3, -0.25) is 0 Å². The highest BCUT2D eigenvalue weighted by atomic mass is 32.1. The maximum absolute atomic E-state index is 12.9. The number of alkyl halides is 6. The molecular weight excluding hydrogens is 460 g/mol. The number of carboxylic acid groups (broad SMARTS) is 1. The molecule has 0 bridgehead atoms. The number of anilines is 2. The van der Waals surface area contributed by atoms with Crippen molar-refractivity contribution in [2.24, 2.45) is 0 Å². The number of carboxylic acids is 1. The van der Waals surface area contributed by atoms with E-state index in [4.69, 9.17) is 0 Å². The largest absolute Gasteiger partial charge is 0.478 e. The van der Waals surface area contributed by atoms with Crippen molar-refractivity contribution in [2.75, 3.05) is 5.32 Å². The number of aromatic carboxylic acids is 1. The highest BCUT2D eigenvalue weighted by Crippen LogP contribution is 2.39. The van der Waals surface area contributed by atoms with E-state index in [1.54, 1.807) is 0 Å². The van der Waals surface area contributed by atoms with E-state index < -0.39 is 35.0 Å². The molecule has 3 rings (SSSR count).